The lowest BCUT2D eigenvalue weighted by atomic mass is 10.0. The summed E-state index contributed by atoms with van der Waals surface area (Å²) >= 11 is 0. The fourth-order valence-corrected chi connectivity index (χ4v) is 2.85. The third-order valence-corrected chi connectivity index (χ3v) is 3.76. The molecular weight excluding hydrogens is 288 g/mol. The van der Waals surface area contributed by atoms with Crippen LogP contribution in [0.3, 0.4) is 0 Å². The number of benzene rings is 3. The van der Waals surface area contributed by atoms with Gasteiger partial charge in [-0.2, -0.15) is 0 Å². The molecule has 3 aromatic rings. The van der Waals surface area contributed by atoms with Crippen LogP contribution in [0.4, 0.5) is 0 Å². The molecule has 0 N–H and O–H groups in total. The van der Waals surface area contributed by atoms with Crippen LogP contribution in [0.15, 0.2) is 42.5 Å². The molecule has 0 spiro atoms. The Labute approximate surface area is 136 Å². The lowest BCUT2D eigenvalue weighted by molar-refractivity contribution is 0.263. The van der Waals surface area contributed by atoms with Gasteiger partial charge in [0.1, 0.15) is 0 Å². The molecule has 3 rings (SSSR count). The molecule has 0 heterocycles. The maximum absolute atomic E-state index is 5.93. The van der Waals surface area contributed by atoms with Gasteiger partial charge in [-0.1, -0.05) is 24.3 Å². The van der Waals surface area contributed by atoms with Crippen molar-refractivity contribution in [3.05, 3.63) is 42.5 Å². The maximum atomic E-state index is 5.93. The molecule has 0 aliphatic heterocycles. The van der Waals surface area contributed by atoms with Crippen molar-refractivity contribution in [1.82, 2.24) is 0 Å². The largest absolute Gasteiger partial charge is 0.490 e. The normalized spacial score (nSPS) is 10.9. The lowest BCUT2D eigenvalue weighted by Crippen LogP contribution is -2.03. The van der Waals surface area contributed by atoms with Gasteiger partial charge in [0, 0.05) is 5.39 Å². The van der Waals surface area contributed by atoms with E-state index >= 15 is 0 Å². The zero-order valence-corrected chi connectivity index (χ0v) is 13.9. The molecule has 3 aromatic carbocycles. The minimum atomic E-state index is 0.569. The highest BCUT2D eigenvalue weighted by molar-refractivity contribution is 6.03. The SMILES string of the molecule is CCOc1cc2cc3ccccc3cc2c(OCC)c1OCC. The topological polar surface area (TPSA) is 27.7 Å². The van der Waals surface area contributed by atoms with E-state index in [1.54, 1.807) is 0 Å². The third kappa shape index (κ3) is 2.91. The summed E-state index contributed by atoms with van der Waals surface area (Å²) in [5.74, 6) is 2.20. The smallest absolute Gasteiger partial charge is 0.204 e. The number of fused-ring (bicyclic) bond motifs is 2. The van der Waals surface area contributed by atoms with E-state index in [1.165, 1.54) is 10.8 Å². The van der Waals surface area contributed by atoms with Crippen LogP contribution in [0.1, 0.15) is 20.8 Å². The van der Waals surface area contributed by atoms with Crippen molar-refractivity contribution < 1.29 is 14.2 Å². The summed E-state index contributed by atoms with van der Waals surface area (Å²) in [6.45, 7) is 7.66. The first-order valence-corrected chi connectivity index (χ1v) is 8.16. The van der Waals surface area contributed by atoms with Crippen molar-refractivity contribution in [2.75, 3.05) is 19.8 Å². The Morgan fingerprint density at radius 1 is 0.652 bits per heavy atom. The second kappa shape index (κ2) is 6.78. The Morgan fingerprint density at radius 2 is 1.26 bits per heavy atom. The Kier molecular flexibility index (Phi) is 4.56. The van der Waals surface area contributed by atoms with Crippen molar-refractivity contribution in [2.24, 2.45) is 0 Å². The highest BCUT2D eigenvalue weighted by atomic mass is 16.5. The first-order valence-electron chi connectivity index (χ1n) is 8.16. The molecular formula is C20H22O3. The zero-order chi connectivity index (χ0) is 16.2. The molecule has 0 aromatic heterocycles. The van der Waals surface area contributed by atoms with Gasteiger partial charge in [-0.25, -0.2) is 0 Å². The highest BCUT2D eigenvalue weighted by Gasteiger charge is 2.17. The fraction of sp³-hybridized carbons (Fsp3) is 0.300. The van der Waals surface area contributed by atoms with Crippen LogP contribution in [0.2, 0.25) is 0 Å². The molecule has 3 heteroatoms. The highest BCUT2D eigenvalue weighted by Crippen LogP contribution is 2.45. The minimum Gasteiger partial charge on any atom is -0.490 e. The molecule has 120 valence electrons. The van der Waals surface area contributed by atoms with Crippen LogP contribution in [-0.4, -0.2) is 19.8 Å². The van der Waals surface area contributed by atoms with Crippen LogP contribution in [-0.2, 0) is 0 Å². The van der Waals surface area contributed by atoms with Gasteiger partial charge in [0.15, 0.2) is 11.5 Å². The van der Waals surface area contributed by atoms with Gasteiger partial charge in [0.25, 0.3) is 0 Å². The Bertz CT molecular complexity index is 824. The molecule has 0 unspecified atom stereocenters. The summed E-state index contributed by atoms with van der Waals surface area (Å²) in [6, 6.07) is 14.7. The molecule has 0 radical (unpaired) electrons. The Morgan fingerprint density at radius 3 is 1.91 bits per heavy atom. The summed E-state index contributed by atoms with van der Waals surface area (Å²) in [5.41, 5.74) is 0. The summed E-state index contributed by atoms with van der Waals surface area (Å²) in [5, 5.41) is 4.54. The molecule has 0 fully saturated rings. The van der Waals surface area contributed by atoms with Crippen LogP contribution in [0.5, 0.6) is 17.2 Å². The monoisotopic (exact) mass is 310 g/mol. The minimum absolute atomic E-state index is 0.569. The van der Waals surface area contributed by atoms with E-state index in [9.17, 15) is 0 Å². The molecule has 23 heavy (non-hydrogen) atoms. The number of rotatable bonds is 6. The van der Waals surface area contributed by atoms with Crippen LogP contribution in [0, 0.1) is 0 Å². The molecule has 0 aliphatic carbocycles. The average molecular weight is 310 g/mol. The third-order valence-electron chi connectivity index (χ3n) is 3.76. The summed E-state index contributed by atoms with van der Waals surface area (Å²) in [6.07, 6.45) is 0. The molecule has 0 saturated heterocycles. The maximum Gasteiger partial charge on any atom is 0.204 e. The number of hydrogen-bond donors (Lipinski definition) is 0. The van der Waals surface area contributed by atoms with Gasteiger partial charge in [-0.3, -0.25) is 0 Å². The fourth-order valence-electron chi connectivity index (χ4n) is 2.85. The second-order valence-corrected chi connectivity index (χ2v) is 5.25. The summed E-state index contributed by atoms with van der Waals surface area (Å²) in [7, 11) is 0. The van der Waals surface area contributed by atoms with E-state index in [1.807, 2.05) is 32.9 Å². The second-order valence-electron chi connectivity index (χ2n) is 5.25. The van der Waals surface area contributed by atoms with Crippen LogP contribution >= 0.6 is 0 Å². The molecule has 0 aliphatic rings. The first-order chi connectivity index (χ1) is 11.3. The average Bonchev–Trinajstić information content (AvgIpc) is 2.56. The van der Waals surface area contributed by atoms with E-state index in [2.05, 4.69) is 30.3 Å². The van der Waals surface area contributed by atoms with Gasteiger partial charge in [-0.05, 0) is 55.1 Å². The van der Waals surface area contributed by atoms with E-state index in [-0.39, 0.29) is 0 Å². The standard InChI is InChI=1S/C20H22O3/c1-4-21-18-13-16-11-14-9-7-8-10-15(14)12-17(16)19(22-5-2)20(18)23-6-3/h7-13H,4-6H2,1-3H3. The molecule has 0 saturated carbocycles. The number of hydrogen-bond acceptors (Lipinski definition) is 3. The lowest BCUT2D eigenvalue weighted by Gasteiger charge is -2.18. The van der Waals surface area contributed by atoms with Crippen molar-refractivity contribution in [3.63, 3.8) is 0 Å². The predicted molar refractivity (Wildman–Crippen MR) is 95.0 cm³/mol. The van der Waals surface area contributed by atoms with E-state index in [0.29, 0.717) is 25.6 Å². The zero-order valence-electron chi connectivity index (χ0n) is 13.9. The van der Waals surface area contributed by atoms with Crippen LogP contribution in [0.25, 0.3) is 21.5 Å². The van der Waals surface area contributed by atoms with Crippen molar-refractivity contribution in [3.8, 4) is 17.2 Å². The van der Waals surface area contributed by atoms with Gasteiger partial charge in [0.05, 0.1) is 19.8 Å². The number of ether oxygens (including phenoxy) is 3. The van der Waals surface area contributed by atoms with Crippen molar-refractivity contribution in [2.45, 2.75) is 20.8 Å². The molecule has 0 bridgehead atoms. The van der Waals surface area contributed by atoms with Gasteiger partial charge in [0.2, 0.25) is 5.75 Å². The van der Waals surface area contributed by atoms with Crippen molar-refractivity contribution in [1.29, 1.82) is 0 Å². The molecule has 3 nitrogen and oxygen atoms in total. The Balaban J connectivity index is 2.34. The van der Waals surface area contributed by atoms with Gasteiger partial charge < -0.3 is 14.2 Å². The van der Waals surface area contributed by atoms with Crippen molar-refractivity contribution >= 4 is 21.5 Å². The quantitative estimate of drug-likeness (QED) is 0.586. The van der Waals surface area contributed by atoms with E-state index in [4.69, 9.17) is 14.2 Å². The van der Waals surface area contributed by atoms with Gasteiger partial charge >= 0.3 is 0 Å². The molecule has 0 amide bonds. The summed E-state index contributed by atoms with van der Waals surface area (Å²) in [4.78, 5) is 0. The summed E-state index contributed by atoms with van der Waals surface area (Å²) < 4.78 is 17.6. The van der Waals surface area contributed by atoms with Gasteiger partial charge in [-0.15, -0.1) is 0 Å². The van der Waals surface area contributed by atoms with Crippen LogP contribution < -0.4 is 14.2 Å². The Hall–Kier alpha value is -2.42. The van der Waals surface area contributed by atoms with E-state index < -0.39 is 0 Å². The van der Waals surface area contributed by atoms with E-state index in [0.717, 1.165) is 22.3 Å². The first kappa shape index (κ1) is 15.5. The predicted octanol–water partition coefficient (Wildman–Crippen LogP) is 5.19. The molecule has 0 atom stereocenters.